The minimum Gasteiger partial charge on any atom is -0.497 e. The summed E-state index contributed by atoms with van der Waals surface area (Å²) in [6.07, 6.45) is 0. The number of hydrogen-bond acceptors (Lipinski definition) is 5. The van der Waals surface area contributed by atoms with Gasteiger partial charge in [0.2, 0.25) is 5.91 Å². The molecule has 1 aromatic heterocycles. The van der Waals surface area contributed by atoms with Gasteiger partial charge in [0, 0.05) is 10.9 Å². The van der Waals surface area contributed by atoms with Crippen molar-refractivity contribution in [1.29, 1.82) is 0 Å². The van der Waals surface area contributed by atoms with Crippen molar-refractivity contribution in [2.75, 3.05) is 26.1 Å². The van der Waals surface area contributed by atoms with E-state index >= 15 is 0 Å². The van der Waals surface area contributed by atoms with Crippen molar-refractivity contribution in [3.8, 4) is 11.5 Å². The van der Waals surface area contributed by atoms with Gasteiger partial charge >= 0.3 is 0 Å². The predicted octanol–water partition coefficient (Wildman–Crippen LogP) is 3.24. The molecular formula is C19H16N2O4. The van der Waals surface area contributed by atoms with E-state index in [1.165, 1.54) is 0 Å². The van der Waals surface area contributed by atoms with Gasteiger partial charge in [-0.2, -0.15) is 0 Å². The van der Waals surface area contributed by atoms with Gasteiger partial charge in [0.05, 0.1) is 19.9 Å². The number of aliphatic imine (C=N–C) groups is 1. The van der Waals surface area contributed by atoms with Gasteiger partial charge in [0.25, 0.3) is 0 Å². The Morgan fingerprint density at radius 2 is 1.96 bits per heavy atom. The molecule has 0 spiro atoms. The second-order valence-corrected chi connectivity index (χ2v) is 5.58. The molecule has 0 aliphatic carbocycles. The maximum absolute atomic E-state index is 12.1. The second kappa shape index (κ2) is 5.98. The third-order valence-electron chi connectivity index (χ3n) is 4.12. The van der Waals surface area contributed by atoms with Crippen LogP contribution in [0.25, 0.3) is 11.0 Å². The quantitative estimate of drug-likeness (QED) is 0.797. The Labute approximate surface area is 144 Å². The number of rotatable bonds is 3. The standard InChI is InChI=1S/C19H16N2O4/c1-23-11-7-8-14(24-2)13(9-11)17-19-18(21-16(22)10-20-17)12-5-3-4-6-15(12)25-19/h3-9H,10H2,1-2H3,(H,21,22). The first-order valence-corrected chi connectivity index (χ1v) is 7.80. The summed E-state index contributed by atoms with van der Waals surface area (Å²) in [5.41, 5.74) is 2.57. The van der Waals surface area contributed by atoms with Gasteiger partial charge in [-0.25, -0.2) is 0 Å². The Bertz CT molecular complexity index is 1000. The third kappa shape index (κ3) is 2.52. The van der Waals surface area contributed by atoms with Gasteiger partial charge in [-0.15, -0.1) is 0 Å². The SMILES string of the molecule is COc1ccc(OC)c(C2=NCC(=O)Nc3c2oc2ccccc32)c1. The van der Waals surface area contributed by atoms with E-state index < -0.39 is 0 Å². The zero-order chi connectivity index (χ0) is 17.4. The van der Waals surface area contributed by atoms with Crippen molar-refractivity contribution in [2.24, 2.45) is 4.99 Å². The highest BCUT2D eigenvalue weighted by Gasteiger charge is 2.26. The number of para-hydroxylation sites is 1. The van der Waals surface area contributed by atoms with Crippen LogP contribution in [0, 0.1) is 0 Å². The molecular weight excluding hydrogens is 320 g/mol. The molecule has 0 saturated heterocycles. The number of hydrogen-bond donors (Lipinski definition) is 1. The molecule has 1 aliphatic rings. The van der Waals surface area contributed by atoms with E-state index in [4.69, 9.17) is 13.9 Å². The lowest BCUT2D eigenvalue weighted by atomic mass is 10.0. The molecule has 4 rings (SSSR count). The molecule has 0 bridgehead atoms. The molecule has 6 nitrogen and oxygen atoms in total. The van der Waals surface area contributed by atoms with Crippen molar-refractivity contribution in [2.45, 2.75) is 0 Å². The number of nitrogens with zero attached hydrogens (tertiary/aromatic N) is 1. The summed E-state index contributed by atoms with van der Waals surface area (Å²) in [4.78, 5) is 16.6. The van der Waals surface area contributed by atoms with Gasteiger partial charge < -0.3 is 19.2 Å². The number of nitrogens with one attached hydrogen (secondary N) is 1. The first-order valence-electron chi connectivity index (χ1n) is 7.80. The zero-order valence-corrected chi connectivity index (χ0v) is 13.8. The first kappa shape index (κ1) is 15.3. The van der Waals surface area contributed by atoms with E-state index in [2.05, 4.69) is 10.3 Å². The zero-order valence-electron chi connectivity index (χ0n) is 13.8. The highest BCUT2D eigenvalue weighted by atomic mass is 16.5. The van der Waals surface area contributed by atoms with Crippen LogP contribution in [0.2, 0.25) is 0 Å². The van der Waals surface area contributed by atoms with Gasteiger partial charge in [0.15, 0.2) is 5.76 Å². The summed E-state index contributed by atoms with van der Waals surface area (Å²) >= 11 is 0. The van der Waals surface area contributed by atoms with Crippen LogP contribution >= 0.6 is 0 Å². The number of carbonyl (C=O) groups excluding carboxylic acids is 1. The molecule has 0 unspecified atom stereocenters. The van der Waals surface area contributed by atoms with Crippen LogP contribution in [-0.2, 0) is 4.79 Å². The van der Waals surface area contributed by atoms with Gasteiger partial charge in [-0.05, 0) is 30.3 Å². The molecule has 0 saturated carbocycles. The summed E-state index contributed by atoms with van der Waals surface area (Å²) in [6, 6.07) is 13.0. The summed E-state index contributed by atoms with van der Waals surface area (Å²) in [7, 11) is 3.18. The Balaban J connectivity index is 1.99. The number of fused-ring (bicyclic) bond motifs is 3. The lowest BCUT2D eigenvalue weighted by molar-refractivity contribution is -0.114. The highest BCUT2D eigenvalue weighted by Crippen LogP contribution is 2.36. The van der Waals surface area contributed by atoms with Crippen molar-refractivity contribution < 1.29 is 18.7 Å². The number of anilines is 1. The van der Waals surface area contributed by atoms with E-state index in [-0.39, 0.29) is 12.5 Å². The number of amides is 1. The lowest BCUT2D eigenvalue weighted by Gasteiger charge is -2.11. The summed E-state index contributed by atoms with van der Waals surface area (Å²) in [5, 5.41) is 3.73. The summed E-state index contributed by atoms with van der Waals surface area (Å²) in [5.74, 6) is 1.61. The first-order chi connectivity index (χ1) is 12.2. The fraction of sp³-hybridized carbons (Fsp3) is 0.158. The minimum absolute atomic E-state index is 0.00816. The molecule has 2 heterocycles. The highest BCUT2D eigenvalue weighted by molar-refractivity contribution is 6.22. The number of methoxy groups -OCH3 is 2. The average Bonchev–Trinajstić information content (AvgIpc) is 2.91. The minimum atomic E-state index is -0.190. The average molecular weight is 336 g/mol. The molecule has 2 aromatic carbocycles. The van der Waals surface area contributed by atoms with Crippen molar-refractivity contribution >= 4 is 28.3 Å². The van der Waals surface area contributed by atoms with Crippen molar-refractivity contribution in [3.05, 3.63) is 53.8 Å². The smallest absolute Gasteiger partial charge is 0.246 e. The largest absolute Gasteiger partial charge is 0.497 e. The van der Waals surface area contributed by atoms with E-state index in [0.717, 1.165) is 5.39 Å². The third-order valence-corrected chi connectivity index (χ3v) is 4.12. The number of ether oxygens (including phenoxy) is 2. The molecule has 3 aromatic rings. The van der Waals surface area contributed by atoms with Crippen LogP contribution in [0.1, 0.15) is 11.3 Å². The van der Waals surface area contributed by atoms with Crippen LogP contribution < -0.4 is 14.8 Å². The molecule has 0 fully saturated rings. The molecule has 1 N–H and O–H groups in total. The van der Waals surface area contributed by atoms with Crippen LogP contribution in [-0.4, -0.2) is 32.4 Å². The van der Waals surface area contributed by atoms with Crippen molar-refractivity contribution in [1.82, 2.24) is 0 Å². The maximum atomic E-state index is 12.1. The predicted molar refractivity (Wildman–Crippen MR) is 94.9 cm³/mol. The molecule has 25 heavy (non-hydrogen) atoms. The molecule has 0 atom stereocenters. The Kier molecular flexibility index (Phi) is 3.65. The van der Waals surface area contributed by atoms with Crippen LogP contribution in [0.5, 0.6) is 11.5 Å². The lowest BCUT2D eigenvalue weighted by Crippen LogP contribution is -2.13. The van der Waals surface area contributed by atoms with E-state index in [1.807, 2.05) is 36.4 Å². The van der Waals surface area contributed by atoms with Crippen LogP contribution in [0.4, 0.5) is 5.69 Å². The number of benzene rings is 2. The molecule has 6 heteroatoms. The Morgan fingerprint density at radius 3 is 2.76 bits per heavy atom. The summed E-state index contributed by atoms with van der Waals surface area (Å²) in [6.45, 7) is 0.00816. The fourth-order valence-corrected chi connectivity index (χ4v) is 2.94. The number of furan rings is 1. The maximum Gasteiger partial charge on any atom is 0.246 e. The summed E-state index contributed by atoms with van der Waals surface area (Å²) < 4.78 is 16.8. The molecule has 1 amide bonds. The second-order valence-electron chi connectivity index (χ2n) is 5.58. The Morgan fingerprint density at radius 1 is 1.12 bits per heavy atom. The van der Waals surface area contributed by atoms with Crippen LogP contribution in [0.15, 0.2) is 51.9 Å². The number of carbonyl (C=O) groups is 1. The molecule has 126 valence electrons. The van der Waals surface area contributed by atoms with E-state index in [9.17, 15) is 4.79 Å². The molecule has 1 aliphatic heterocycles. The van der Waals surface area contributed by atoms with Crippen molar-refractivity contribution in [3.63, 3.8) is 0 Å². The Hall–Kier alpha value is -3.28. The monoisotopic (exact) mass is 336 g/mol. The van der Waals surface area contributed by atoms with E-state index in [1.54, 1.807) is 20.3 Å². The van der Waals surface area contributed by atoms with Gasteiger partial charge in [-0.1, -0.05) is 12.1 Å². The normalized spacial score (nSPS) is 13.7. The van der Waals surface area contributed by atoms with Gasteiger partial charge in [0.1, 0.15) is 29.3 Å². The van der Waals surface area contributed by atoms with Crippen LogP contribution in [0.3, 0.4) is 0 Å². The topological polar surface area (TPSA) is 73.1 Å². The fourth-order valence-electron chi connectivity index (χ4n) is 2.94. The van der Waals surface area contributed by atoms with E-state index in [0.29, 0.717) is 39.8 Å². The van der Waals surface area contributed by atoms with Gasteiger partial charge in [-0.3, -0.25) is 9.79 Å². The molecule has 0 radical (unpaired) electrons.